The Labute approximate surface area is 88.5 Å². The van der Waals surface area contributed by atoms with Crippen molar-refractivity contribution in [3.63, 3.8) is 0 Å². The quantitative estimate of drug-likeness (QED) is 0.565. The summed E-state index contributed by atoms with van der Waals surface area (Å²) in [6, 6.07) is 7.25. The molecule has 4 heteroatoms. The van der Waals surface area contributed by atoms with Crippen LogP contribution in [0.5, 0.6) is 5.75 Å². The molecule has 1 rings (SSSR count). The molecule has 3 N–H and O–H groups in total. The van der Waals surface area contributed by atoms with Crippen molar-refractivity contribution in [1.82, 2.24) is 0 Å². The van der Waals surface area contributed by atoms with Gasteiger partial charge in [-0.05, 0) is 24.3 Å². The van der Waals surface area contributed by atoms with Crippen molar-refractivity contribution in [2.24, 2.45) is 5.73 Å². The second-order valence-corrected chi connectivity index (χ2v) is 3.25. The Hall–Kier alpha value is -1.13. The van der Waals surface area contributed by atoms with Gasteiger partial charge < -0.3 is 15.6 Å². The van der Waals surface area contributed by atoms with E-state index in [2.05, 4.69) is 0 Å². The van der Waals surface area contributed by atoms with Crippen LogP contribution in [0.3, 0.4) is 0 Å². The zero-order valence-corrected chi connectivity index (χ0v) is 8.59. The average molecular weight is 211 g/mol. The molecular formula is C10H13NO2S. The highest BCUT2D eigenvalue weighted by Gasteiger charge is 1.96. The van der Waals surface area contributed by atoms with Crippen LogP contribution >= 0.6 is 12.2 Å². The summed E-state index contributed by atoms with van der Waals surface area (Å²) in [6.07, 6.45) is 0.636. The fourth-order valence-corrected chi connectivity index (χ4v) is 1.11. The van der Waals surface area contributed by atoms with Crippen LogP contribution in [-0.4, -0.2) is 23.3 Å². The highest BCUT2D eigenvalue weighted by atomic mass is 32.1. The van der Waals surface area contributed by atoms with Gasteiger partial charge >= 0.3 is 0 Å². The summed E-state index contributed by atoms with van der Waals surface area (Å²) in [6.45, 7) is 0.661. The van der Waals surface area contributed by atoms with Gasteiger partial charge in [-0.1, -0.05) is 12.2 Å². The lowest BCUT2D eigenvalue weighted by Crippen LogP contribution is -2.09. The molecule has 0 atom stereocenters. The third-order valence-electron chi connectivity index (χ3n) is 1.71. The van der Waals surface area contributed by atoms with Gasteiger partial charge in [-0.15, -0.1) is 0 Å². The predicted octanol–water partition coefficient (Wildman–Crippen LogP) is 1.08. The first-order valence-electron chi connectivity index (χ1n) is 4.37. The molecule has 14 heavy (non-hydrogen) atoms. The zero-order chi connectivity index (χ0) is 10.4. The smallest absolute Gasteiger partial charge is 0.119 e. The van der Waals surface area contributed by atoms with E-state index in [1.54, 1.807) is 0 Å². The predicted molar refractivity (Wildman–Crippen MR) is 59.5 cm³/mol. The van der Waals surface area contributed by atoms with E-state index in [9.17, 15) is 0 Å². The maximum absolute atomic E-state index is 8.55. The Kier molecular flexibility index (Phi) is 4.35. The number of aliphatic hydroxyl groups excluding tert-OH is 1. The molecule has 0 aliphatic rings. The molecule has 0 radical (unpaired) electrons. The van der Waals surface area contributed by atoms with Crippen molar-refractivity contribution >= 4 is 17.2 Å². The zero-order valence-electron chi connectivity index (χ0n) is 7.77. The maximum Gasteiger partial charge on any atom is 0.119 e. The van der Waals surface area contributed by atoms with E-state index >= 15 is 0 Å². The number of nitrogens with two attached hydrogens (primary N) is 1. The second kappa shape index (κ2) is 5.57. The standard InChI is InChI=1S/C10H13NO2S/c11-10(14)8-2-4-9(5-3-8)13-7-1-6-12/h2-5,12H,1,6-7H2,(H2,11,14). The number of hydrogen-bond acceptors (Lipinski definition) is 3. The summed E-state index contributed by atoms with van der Waals surface area (Å²) in [5, 5.41) is 8.55. The summed E-state index contributed by atoms with van der Waals surface area (Å²) >= 11 is 4.82. The van der Waals surface area contributed by atoms with Crippen LogP contribution in [0.1, 0.15) is 12.0 Å². The van der Waals surface area contributed by atoms with Crippen molar-refractivity contribution < 1.29 is 9.84 Å². The second-order valence-electron chi connectivity index (χ2n) is 2.81. The van der Waals surface area contributed by atoms with Crippen molar-refractivity contribution in [1.29, 1.82) is 0 Å². The lowest BCUT2D eigenvalue weighted by atomic mass is 10.2. The van der Waals surface area contributed by atoms with Gasteiger partial charge in [-0.2, -0.15) is 0 Å². The number of benzene rings is 1. The number of hydrogen-bond donors (Lipinski definition) is 2. The third-order valence-corrected chi connectivity index (χ3v) is 1.95. The molecule has 0 amide bonds. The lowest BCUT2D eigenvalue weighted by molar-refractivity contribution is 0.233. The van der Waals surface area contributed by atoms with E-state index in [1.807, 2.05) is 24.3 Å². The fraction of sp³-hybridized carbons (Fsp3) is 0.300. The first-order chi connectivity index (χ1) is 6.74. The van der Waals surface area contributed by atoms with Crippen LogP contribution < -0.4 is 10.5 Å². The Morgan fingerprint density at radius 2 is 2.00 bits per heavy atom. The Morgan fingerprint density at radius 1 is 1.36 bits per heavy atom. The van der Waals surface area contributed by atoms with Gasteiger partial charge in [0.25, 0.3) is 0 Å². The molecule has 1 aromatic carbocycles. The molecular weight excluding hydrogens is 198 g/mol. The van der Waals surface area contributed by atoms with Crippen LogP contribution in [-0.2, 0) is 0 Å². The number of ether oxygens (including phenoxy) is 1. The monoisotopic (exact) mass is 211 g/mol. The molecule has 3 nitrogen and oxygen atoms in total. The Balaban J connectivity index is 2.51. The summed E-state index contributed by atoms with van der Waals surface area (Å²) in [5.74, 6) is 0.762. The number of thiocarbonyl (C=S) groups is 1. The normalized spacial score (nSPS) is 9.79. The summed E-state index contributed by atoms with van der Waals surface area (Å²) in [7, 11) is 0. The van der Waals surface area contributed by atoms with Gasteiger partial charge in [0, 0.05) is 18.6 Å². The Morgan fingerprint density at radius 3 is 2.50 bits per heavy atom. The van der Waals surface area contributed by atoms with Crippen molar-refractivity contribution in [3.8, 4) is 5.75 Å². The molecule has 0 heterocycles. The van der Waals surface area contributed by atoms with E-state index in [4.69, 9.17) is 27.8 Å². The van der Waals surface area contributed by atoms with Crippen molar-refractivity contribution in [2.75, 3.05) is 13.2 Å². The minimum atomic E-state index is 0.144. The maximum atomic E-state index is 8.55. The van der Waals surface area contributed by atoms with Gasteiger partial charge in [-0.3, -0.25) is 0 Å². The third kappa shape index (κ3) is 3.32. The summed E-state index contributed by atoms with van der Waals surface area (Å²) < 4.78 is 5.34. The molecule has 0 aliphatic carbocycles. The van der Waals surface area contributed by atoms with Gasteiger partial charge in [-0.25, -0.2) is 0 Å². The highest BCUT2D eigenvalue weighted by Crippen LogP contribution is 2.12. The molecule has 0 unspecified atom stereocenters. The minimum absolute atomic E-state index is 0.144. The molecule has 0 fully saturated rings. The highest BCUT2D eigenvalue weighted by molar-refractivity contribution is 7.80. The Bertz CT molecular complexity index is 297. The van der Waals surface area contributed by atoms with Crippen LogP contribution in [0.15, 0.2) is 24.3 Å². The summed E-state index contributed by atoms with van der Waals surface area (Å²) in [5.41, 5.74) is 6.27. The largest absolute Gasteiger partial charge is 0.494 e. The topological polar surface area (TPSA) is 55.5 Å². The van der Waals surface area contributed by atoms with Gasteiger partial charge in [0.2, 0.25) is 0 Å². The van der Waals surface area contributed by atoms with Crippen LogP contribution in [0.4, 0.5) is 0 Å². The van der Waals surface area contributed by atoms with Crippen LogP contribution in [0.2, 0.25) is 0 Å². The molecule has 0 saturated heterocycles. The van der Waals surface area contributed by atoms with Crippen LogP contribution in [0, 0.1) is 0 Å². The van der Waals surface area contributed by atoms with Gasteiger partial charge in [0.1, 0.15) is 10.7 Å². The minimum Gasteiger partial charge on any atom is -0.494 e. The first kappa shape index (κ1) is 10.9. The van der Waals surface area contributed by atoms with Crippen molar-refractivity contribution in [2.45, 2.75) is 6.42 Å². The first-order valence-corrected chi connectivity index (χ1v) is 4.78. The van der Waals surface area contributed by atoms with E-state index in [0.29, 0.717) is 18.0 Å². The molecule has 1 aromatic rings. The molecule has 0 saturated carbocycles. The van der Waals surface area contributed by atoms with Crippen LogP contribution in [0.25, 0.3) is 0 Å². The van der Waals surface area contributed by atoms with Gasteiger partial charge in [0.05, 0.1) is 6.61 Å². The van der Waals surface area contributed by atoms with Gasteiger partial charge in [0.15, 0.2) is 0 Å². The van der Waals surface area contributed by atoms with E-state index in [-0.39, 0.29) is 6.61 Å². The molecule has 0 aromatic heterocycles. The summed E-state index contributed by atoms with van der Waals surface area (Å²) in [4.78, 5) is 0.381. The van der Waals surface area contributed by atoms with E-state index in [0.717, 1.165) is 11.3 Å². The van der Waals surface area contributed by atoms with E-state index < -0.39 is 0 Å². The van der Waals surface area contributed by atoms with Crippen molar-refractivity contribution in [3.05, 3.63) is 29.8 Å². The average Bonchev–Trinajstić information content (AvgIpc) is 2.19. The lowest BCUT2D eigenvalue weighted by Gasteiger charge is -2.05. The SMILES string of the molecule is NC(=S)c1ccc(OCCCO)cc1. The number of aliphatic hydroxyl groups is 1. The molecule has 76 valence electrons. The fourth-order valence-electron chi connectivity index (χ4n) is 0.970. The molecule has 0 bridgehead atoms. The number of rotatable bonds is 5. The molecule has 0 aliphatic heterocycles. The molecule has 0 spiro atoms. The van der Waals surface area contributed by atoms with E-state index in [1.165, 1.54) is 0 Å².